The van der Waals surface area contributed by atoms with Gasteiger partial charge in [-0.25, -0.2) is 0 Å². The van der Waals surface area contributed by atoms with E-state index in [1.165, 1.54) is 12.1 Å². The molecule has 1 atom stereocenters. The highest BCUT2D eigenvalue weighted by atomic mass is 19.4. The van der Waals surface area contributed by atoms with Gasteiger partial charge in [0.05, 0.1) is 0 Å². The normalized spacial score (nSPS) is 14.2. The van der Waals surface area contributed by atoms with E-state index in [-0.39, 0.29) is 6.04 Å². The SMILES string of the molecule is C[C@@H](N)c1ccc([B-](F)(F)F)cc1. The molecule has 13 heavy (non-hydrogen) atoms. The third-order valence-corrected chi connectivity index (χ3v) is 1.84. The Morgan fingerprint density at radius 1 is 1.15 bits per heavy atom. The van der Waals surface area contributed by atoms with Crippen LogP contribution in [-0.4, -0.2) is 6.98 Å². The molecule has 0 unspecified atom stereocenters. The van der Waals surface area contributed by atoms with Crippen LogP contribution in [0.25, 0.3) is 0 Å². The molecule has 0 spiro atoms. The molecule has 0 saturated carbocycles. The molecule has 0 bridgehead atoms. The summed E-state index contributed by atoms with van der Waals surface area (Å²) in [5, 5.41) is 0. The second kappa shape index (κ2) is 3.42. The minimum atomic E-state index is -4.88. The molecule has 0 aliphatic carbocycles. The highest BCUT2D eigenvalue weighted by molar-refractivity contribution is 6.73. The fourth-order valence-electron chi connectivity index (χ4n) is 1.02. The predicted octanol–water partition coefficient (Wildman–Crippen LogP) is 1.76. The Labute approximate surface area is 74.8 Å². The fourth-order valence-corrected chi connectivity index (χ4v) is 1.02. The van der Waals surface area contributed by atoms with Crippen LogP contribution >= 0.6 is 0 Å². The van der Waals surface area contributed by atoms with Crippen molar-refractivity contribution in [2.45, 2.75) is 13.0 Å². The minimum Gasteiger partial charge on any atom is -0.445 e. The molecule has 0 fully saturated rings. The van der Waals surface area contributed by atoms with Crippen molar-refractivity contribution < 1.29 is 12.9 Å². The number of benzene rings is 1. The van der Waals surface area contributed by atoms with Crippen molar-refractivity contribution in [3.05, 3.63) is 29.8 Å². The van der Waals surface area contributed by atoms with Gasteiger partial charge in [0.2, 0.25) is 0 Å². The quantitative estimate of drug-likeness (QED) is 0.703. The molecular weight excluding hydrogens is 178 g/mol. The molecular formula is C8H10BF3N-. The summed E-state index contributed by atoms with van der Waals surface area (Å²) >= 11 is 0. The molecule has 1 nitrogen and oxygen atoms in total. The van der Waals surface area contributed by atoms with Gasteiger partial charge in [-0.05, 0) is 12.5 Å². The zero-order valence-electron chi connectivity index (χ0n) is 7.18. The molecule has 1 rings (SSSR count). The van der Waals surface area contributed by atoms with Gasteiger partial charge in [-0.15, -0.1) is 5.46 Å². The largest absolute Gasteiger partial charge is 0.509 e. The summed E-state index contributed by atoms with van der Waals surface area (Å²) < 4.78 is 36.5. The molecule has 72 valence electrons. The van der Waals surface area contributed by atoms with E-state index in [1.54, 1.807) is 6.92 Å². The average Bonchev–Trinajstić information content (AvgIpc) is 2.03. The highest BCUT2D eigenvalue weighted by Gasteiger charge is 2.24. The van der Waals surface area contributed by atoms with Gasteiger partial charge in [-0.1, -0.05) is 24.3 Å². The number of hydrogen-bond acceptors (Lipinski definition) is 1. The van der Waals surface area contributed by atoms with Crippen LogP contribution in [-0.2, 0) is 0 Å². The van der Waals surface area contributed by atoms with Crippen molar-refractivity contribution in [1.29, 1.82) is 0 Å². The van der Waals surface area contributed by atoms with E-state index in [2.05, 4.69) is 0 Å². The summed E-state index contributed by atoms with van der Waals surface area (Å²) in [6.45, 7) is -3.15. The maximum Gasteiger partial charge on any atom is 0.509 e. The van der Waals surface area contributed by atoms with E-state index in [1.807, 2.05) is 0 Å². The van der Waals surface area contributed by atoms with E-state index < -0.39 is 12.4 Å². The van der Waals surface area contributed by atoms with E-state index in [0.717, 1.165) is 12.1 Å². The van der Waals surface area contributed by atoms with Crippen molar-refractivity contribution in [3.63, 3.8) is 0 Å². The summed E-state index contributed by atoms with van der Waals surface area (Å²) in [5.74, 6) is 0. The number of hydrogen-bond donors (Lipinski definition) is 1. The first kappa shape index (κ1) is 10.1. The van der Waals surface area contributed by atoms with E-state index in [9.17, 15) is 12.9 Å². The van der Waals surface area contributed by atoms with Crippen LogP contribution in [0.3, 0.4) is 0 Å². The monoisotopic (exact) mass is 188 g/mol. The number of rotatable bonds is 2. The van der Waals surface area contributed by atoms with Gasteiger partial charge in [0.25, 0.3) is 0 Å². The van der Waals surface area contributed by atoms with E-state index in [0.29, 0.717) is 5.56 Å². The average molecular weight is 188 g/mol. The van der Waals surface area contributed by atoms with Crippen molar-refractivity contribution in [2.75, 3.05) is 0 Å². The van der Waals surface area contributed by atoms with Gasteiger partial charge in [0, 0.05) is 6.04 Å². The maximum absolute atomic E-state index is 12.2. The zero-order chi connectivity index (χ0) is 10.1. The number of halogens is 3. The molecule has 0 aliphatic heterocycles. The summed E-state index contributed by atoms with van der Waals surface area (Å²) in [7, 11) is 0. The summed E-state index contributed by atoms with van der Waals surface area (Å²) in [4.78, 5) is 0. The molecule has 0 aliphatic rings. The van der Waals surface area contributed by atoms with E-state index in [4.69, 9.17) is 5.73 Å². The topological polar surface area (TPSA) is 26.0 Å². The first-order valence-electron chi connectivity index (χ1n) is 3.96. The van der Waals surface area contributed by atoms with Crippen molar-refractivity contribution in [3.8, 4) is 0 Å². The Morgan fingerprint density at radius 3 is 1.92 bits per heavy atom. The summed E-state index contributed by atoms with van der Waals surface area (Å²) in [6.07, 6.45) is 0. The molecule has 1 aromatic carbocycles. The highest BCUT2D eigenvalue weighted by Crippen LogP contribution is 2.12. The van der Waals surface area contributed by atoms with Crippen LogP contribution in [0.2, 0.25) is 0 Å². The van der Waals surface area contributed by atoms with Gasteiger partial charge in [-0.3, -0.25) is 0 Å². The number of nitrogens with two attached hydrogens (primary N) is 1. The summed E-state index contributed by atoms with van der Waals surface area (Å²) in [6, 6.07) is 4.73. The molecule has 2 N–H and O–H groups in total. The molecule has 0 amide bonds. The van der Waals surface area contributed by atoms with Gasteiger partial charge in [0.1, 0.15) is 0 Å². The third kappa shape index (κ3) is 2.49. The lowest BCUT2D eigenvalue weighted by atomic mass is 9.80. The van der Waals surface area contributed by atoms with Gasteiger partial charge >= 0.3 is 6.98 Å². The standard InChI is InChI=1S/C8H10BF3N/c1-6(13)7-2-4-8(5-3-7)9(10,11)12/h2-6H,13H2,1H3/q-1/t6-/m1/s1. The van der Waals surface area contributed by atoms with E-state index >= 15 is 0 Å². The lowest BCUT2D eigenvalue weighted by Crippen LogP contribution is -2.33. The molecule has 5 heteroatoms. The van der Waals surface area contributed by atoms with Crippen molar-refractivity contribution in [1.82, 2.24) is 0 Å². The lowest BCUT2D eigenvalue weighted by Gasteiger charge is -2.15. The first-order valence-corrected chi connectivity index (χ1v) is 3.96. The van der Waals surface area contributed by atoms with Crippen LogP contribution in [0.5, 0.6) is 0 Å². The smallest absolute Gasteiger partial charge is 0.445 e. The van der Waals surface area contributed by atoms with Crippen LogP contribution in [0.1, 0.15) is 18.5 Å². The molecule has 0 aromatic heterocycles. The van der Waals surface area contributed by atoms with Gasteiger partial charge in [0.15, 0.2) is 0 Å². The molecule has 1 aromatic rings. The third-order valence-electron chi connectivity index (χ3n) is 1.84. The van der Waals surface area contributed by atoms with Crippen LogP contribution in [0, 0.1) is 0 Å². The zero-order valence-corrected chi connectivity index (χ0v) is 7.18. The first-order chi connectivity index (χ1) is 5.91. The van der Waals surface area contributed by atoms with Crippen molar-refractivity contribution in [2.24, 2.45) is 5.73 Å². The maximum atomic E-state index is 12.2. The molecule has 0 heterocycles. The lowest BCUT2D eigenvalue weighted by molar-refractivity contribution is 0.501. The van der Waals surface area contributed by atoms with Crippen molar-refractivity contribution >= 4 is 12.4 Å². The summed E-state index contributed by atoms with van der Waals surface area (Å²) in [5.41, 5.74) is 5.63. The molecule has 0 radical (unpaired) electrons. The Bertz CT molecular complexity index is 278. The Balaban J connectivity index is 2.94. The fraction of sp³-hybridized carbons (Fsp3) is 0.250. The predicted molar refractivity (Wildman–Crippen MR) is 47.8 cm³/mol. The molecule has 0 saturated heterocycles. The van der Waals surface area contributed by atoms with Gasteiger partial charge in [-0.2, -0.15) is 0 Å². The Hall–Kier alpha value is -0.965. The Kier molecular flexibility index (Phi) is 2.66. The van der Waals surface area contributed by atoms with Crippen LogP contribution in [0.15, 0.2) is 24.3 Å². The minimum absolute atomic E-state index is 0.227. The second-order valence-corrected chi connectivity index (χ2v) is 3.03. The Morgan fingerprint density at radius 2 is 1.62 bits per heavy atom. The van der Waals surface area contributed by atoms with Crippen LogP contribution in [0.4, 0.5) is 12.9 Å². The second-order valence-electron chi connectivity index (χ2n) is 3.03. The van der Waals surface area contributed by atoms with Gasteiger partial charge < -0.3 is 18.7 Å². The van der Waals surface area contributed by atoms with Crippen LogP contribution < -0.4 is 11.2 Å².